The largest absolute Gasteiger partial charge is 0.493 e. The van der Waals surface area contributed by atoms with Crippen molar-refractivity contribution in [1.29, 1.82) is 0 Å². The highest BCUT2D eigenvalue weighted by atomic mass is 79.9. The van der Waals surface area contributed by atoms with E-state index in [0.717, 1.165) is 34.9 Å². The predicted octanol–water partition coefficient (Wildman–Crippen LogP) is 4.17. The van der Waals surface area contributed by atoms with E-state index in [2.05, 4.69) is 29.4 Å². The highest BCUT2D eigenvalue weighted by Gasteiger charge is 2.11. The lowest BCUT2D eigenvalue weighted by Crippen LogP contribution is -2.02. The summed E-state index contributed by atoms with van der Waals surface area (Å²) in [5, 5.41) is 0. The summed E-state index contributed by atoms with van der Waals surface area (Å²) in [7, 11) is 0. The van der Waals surface area contributed by atoms with Gasteiger partial charge in [-0.1, -0.05) is 35.4 Å². The van der Waals surface area contributed by atoms with Gasteiger partial charge in [0.15, 0.2) is 6.29 Å². The molecule has 0 saturated carbocycles. The van der Waals surface area contributed by atoms with Crippen molar-refractivity contribution in [2.45, 2.75) is 26.2 Å². The van der Waals surface area contributed by atoms with Crippen molar-refractivity contribution in [3.05, 3.63) is 40.4 Å². The molecule has 0 fully saturated rings. The predicted molar refractivity (Wildman–Crippen MR) is 73.8 cm³/mol. The van der Waals surface area contributed by atoms with Crippen LogP contribution in [0.2, 0.25) is 0 Å². The molecule has 0 aliphatic carbocycles. The quantitative estimate of drug-likeness (QED) is 0.429. The Morgan fingerprint density at radius 2 is 2.24 bits per heavy atom. The molecule has 0 amide bonds. The van der Waals surface area contributed by atoms with Gasteiger partial charge < -0.3 is 4.74 Å². The van der Waals surface area contributed by atoms with Crippen molar-refractivity contribution in [3.8, 4) is 5.75 Å². The molecule has 0 aliphatic heterocycles. The monoisotopic (exact) mass is 296 g/mol. The number of hydrogen-bond acceptors (Lipinski definition) is 2. The Balaban J connectivity index is 3.02. The summed E-state index contributed by atoms with van der Waals surface area (Å²) in [4.78, 5) is 11.1. The van der Waals surface area contributed by atoms with Gasteiger partial charge in [0.2, 0.25) is 0 Å². The second-order valence-corrected chi connectivity index (χ2v) is 4.60. The molecule has 2 nitrogen and oxygen atoms in total. The van der Waals surface area contributed by atoms with Crippen LogP contribution in [0.4, 0.5) is 0 Å². The summed E-state index contributed by atoms with van der Waals surface area (Å²) in [6, 6.07) is 3.74. The first-order valence-electron chi connectivity index (χ1n) is 5.74. The molecule has 0 saturated heterocycles. The molecular weight excluding hydrogens is 280 g/mol. The van der Waals surface area contributed by atoms with Crippen LogP contribution in [0.25, 0.3) is 0 Å². The fraction of sp³-hybridized carbons (Fsp3) is 0.357. The van der Waals surface area contributed by atoms with Gasteiger partial charge in [0, 0.05) is 15.6 Å². The first-order chi connectivity index (χ1) is 8.24. The van der Waals surface area contributed by atoms with E-state index in [1.165, 1.54) is 0 Å². The van der Waals surface area contributed by atoms with E-state index in [-0.39, 0.29) is 0 Å². The summed E-state index contributed by atoms with van der Waals surface area (Å²) >= 11 is 3.37. The van der Waals surface area contributed by atoms with Gasteiger partial charge in [-0.3, -0.25) is 4.79 Å². The third-order valence-electron chi connectivity index (χ3n) is 2.48. The number of halogens is 1. The van der Waals surface area contributed by atoms with Crippen LogP contribution >= 0.6 is 15.9 Å². The molecule has 0 radical (unpaired) electrons. The van der Waals surface area contributed by atoms with E-state index in [1.54, 1.807) is 6.08 Å². The number of benzene rings is 1. The molecule has 1 aromatic carbocycles. The molecule has 1 aromatic rings. The Morgan fingerprint density at radius 3 is 2.82 bits per heavy atom. The van der Waals surface area contributed by atoms with Gasteiger partial charge in [-0.25, -0.2) is 0 Å². The van der Waals surface area contributed by atoms with E-state index in [4.69, 9.17) is 4.74 Å². The van der Waals surface area contributed by atoms with Crippen LogP contribution in [0.15, 0.2) is 29.3 Å². The topological polar surface area (TPSA) is 26.3 Å². The van der Waals surface area contributed by atoms with Crippen LogP contribution in [0, 0.1) is 0 Å². The zero-order valence-corrected chi connectivity index (χ0v) is 11.6. The third kappa shape index (κ3) is 3.70. The molecule has 0 aromatic heterocycles. The van der Waals surface area contributed by atoms with Crippen LogP contribution in [-0.2, 0) is 6.42 Å². The van der Waals surface area contributed by atoms with Crippen molar-refractivity contribution in [2.24, 2.45) is 0 Å². The van der Waals surface area contributed by atoms with Gasteiger partial charge in [-0.2, -0.15) is 0 Å². The van der Waals surface area contributed by atoms with Crippen LogP contribution in [-0.4, -0.2) is 12.9 Å². The Hall–Kier alpha value is -1.09. The molecule has 1 rings (SSSR count). The van der Waals surface area contributed by atoms with Gasteiger partial charge in [0.1, 0.15) is 5.75 Å². The van der Waals surface area contributed by atoms with Crippen molar-refractivity contribution in [1.82, 2.24) is 0 Å². The number of ether oxygens (including phenoxy) is 1. The molecule has 17 heavy (non-hydrogen) atoms. The molecule has 0 bridgehead atoms. The Labute approximate surface area is 111 Å². The lowest BCUT2D eigenvalue weighted by molar-refractivity contribution is 0.112. The Bertz CT molecular complexity index is 399. The van der Waals surface area contributed by atoms with E-state index in [1.807, 2.05) is 12.1 Å². The third-order valence-corrected chi connectivity index (χ3v) is 3.17. The minimum absolute atomic E-state index is 0.634. The number of rotatable bonds is 7. The van der Waals surface area contributed by atoms with Crippen LogP contribution < -0.4 is 4.74 Å². The van der Waals surface area contributed by atoms with Gasteiger partial charge in [-0.05, 0) is 25.0 Å². The molecular formula is C14H17BrO2. The minimum Gasteiger partial charge on any atom is -0.493 e. The molecule has 0 atom stereocenters. The van der Waals surface area contributed by atoms with Gasteiger partial charge in [0.25, 0.3) is 0 Å². The molecule has 0 spiro atoms. The lowest BCUT2D eigenvalue weighted by atomic mass is 10.0. The van der Waals surface area contributed by atoms with Gasteiger partial charge >= 0.3 is 0 Å². The van der Waals surface area contributed by atoms with Crippen LogP contribution in [0.3, 0.4) is 0 Å². The second kappa shape index (κ2) is 7.28. The van der Waals surface area contributed by atoms with Crippen molar-refractivity contribution < 1.29 is 9.53 Å². The SMILES string of the molecule is C=CCc1c(OCCCC)ccc(Br)c1C=O. The minimum atomic E-state index is 0.634. The molecule has 0 N–H and O–H groups in total. The molecule has 0 unspecified atom stereocenters. The van der Waals surface area contributed by atoms with Crippen LogP contribution in [0.1, 0.15) is 35.7 Å². The number of carbonyl (C=O) groups is 1. The van der Waals surface area contributed by atoms with E-state index in [0.29, 0.717) is 18.6 Å². The summed E-state index contributed by atoms with van der Waals surface area (Å²) in [5.74, 6) is 0.781. The first kappa shape index (κ1) is 14.0. The number of hydrogen-bond donors (Lipinski definition) is 0. The first-order valence-corrected chi connectivity index (χ1v) is 6.54. The molecule has 0 heterocycles. The number of aldehydes is 1. The second-order valence-electron chi connectivity index (χ2n) is 3.75. The smallest absolute Gasteiger partial charge is 0.151 e. The number of allylic oxidation sites excluding steroid dienone is 1. The summed E-state index contributed by atoms with van der Waals surface area (Å²) in [5.41, 5.74) is 1.55. The average molecular weight is 297 g/mol. The zero-order valence-electron chi connectivity index (χ0n) is 10.0. The van der Waals surface area contributed by atoms with Gasteiger partial charge in [-0.15, -0.1) is 6.58 Å². The highest BCUT2D eigenvalue weighted by molar-refractivity contribution is 9.10. The maximum Gasteiger partial charge on any atom is 0.151 e. The Morgan fingerprint density at radius 1 is 1.47 bits per heavy atom. The molecule has 3 heteroatoms. The lowest BCUT2D eigenvalue weighted by Gasteiger charge is -2.13. The zero-order chi connectivity index (χ0) is 12.7. The van der Waals surface area contributed by atoms with Crippen molar-refractivity contribution in [2.75, 3.05) is 6.61 Å². The van der Waals surface area contributed by atoms with Crippen molar-refractivity contribution >= 4 is 22.2 Å². The summed E-state index contributed by atoms with van der Waals surface area (Å²) < 4.78 is 6.50. The fourth-order valence-corrected chi connectivity index (χ4v) is 2.03. The Kier molecular flexibility index (Phi) is 5.98. The van der Waals surface area contributed by atoms with Crippen molar-refractivity contribution in [3.63, 3.8) is 0 Å². The average Bonchev–Trinajstić information content (AvgIpc) is 2.33. The maximum absolute atomic E-state index is 11.1. The highest BCUT2D eigenvalue weighted by Crippen LogP contribution is 2.28. The normalized spacial score (nSPS) is 10.0. The van der Waals surface area contributed by atoms with Gasteiger partial charge in [0.05, 0.1) is 6.61 Å². The number of carbonyl (C=O) groups excluding carboxylic acids is 1. The molecule has 92 valence electrons. The number of unbranched alkanes of at least 4 members (excludes halogenated alkanes) is 1. The van der Waals surface area contributed by atoms with E-state index < -0.39 is 0 Å². The maximum atomic E-state index is 11.1. The standard InChI is InChI=1S/C14H17BrO2/c1-3-5-9-17-14-8-7-13(15)12(10-16)11(14)6-4-2/h4,7-8,10H,2-3,5-6,9H2,1H3. The van der Waals surface area contributed by atoms with Crippen LogP contribution in [0.5, 0.6) is 5.75 Å². The summed E-state index contributed by atoms with van der Waals surface area (Å²) in [6.45, 7) is 6.51. The summed E-state index contributed by atoms with van der Waals surface area (Å²) in [6.07, 6.45) is 5.37. The fourth-order valence-electron chi connectivity index (χ4n) is 1.56. The molecule has 0 aliphatic rings. The van der Waals surface area contributed by atoms with E-state index >= 15 is 0 Å². The van der Waals surface area contributed by atoms with E-state index in [9.17, 15) is 4.79 Å².